The molecule has 0 radical (unpaired) electrons. The van der Waals surface area contributed by atoms with Crippen LogP contribution >= 0.6 is 27.5 Å². The maximum absolute atomic E-state index is 13.5. The van der Waals surface area contributed by atoms with Crippen LogP contribution in [0.4, 0.5) is 4.39 Å². The van der Waals surface area contributed by atoms with Crippen LogP contribution in [0.25, 0.3) is 0 Å². The molecule has 0 saturated heterocycles. The molecule has 0 spiro atoms. The van der Waals surface area contributed by atoms with Crippen LogP contribution in [0.1, 0.15) is 5.69 Å². The standard InChI is InChI=1S/C12H8BrClFNO/c13-8-4-5-11(10(15)6-8)17-12-3-1-2-9(7-14)16-12/h1-6H,7H2. The molecule has 1 aromatic heterocycles. The molecule has 1 aromatic carbocycles. The smallest absolute Gasteiger partial charge is 0.219 e. The van der Waals surface area contributed by atoms with E-state index in [0.717, 1.165) is 0 Å². The largest absolute Gasteiger partial charge is 0.436 e. The topological polar surface area (TPSA) is 22.1 Å². The molecule has 0 bridgehead atoms. The fourth-order valence-corrected chi connectivity index (χ4v) is 1.74. The first-order valence-electron chi connectivity index (χ1n) is 4.84. The SMILES string of the molecule is Fc1cc(Br)ccc1Oc1cccc(CCl)n1. The molecule has 1 heterocycles. The predicted molar refractivity (Wildman–Crippen MR) is 68.0 cm³/mol. The number of nitrogens with zero attached hydrogens (tertiary/aromatic N) is 1. The summed E-state index contributed by atoms with van der Waals surface area (Å²) in [5.41, 5.74) is 0.682. The second kappa shape index (κ2) is 5.47. The highest BCUT2D eigenvalue weighted by atomic mass is 79.9. The summed E-state index contributed by atoms with van der Waals surface area (Å²) in [6.45, 7) is 0. The fourth-order valence-electron chi connectivity index (χ4n) is 1.26. The van der Waals surface area contributed by atoms with Gasteiger partial charge in [0.05, 0.1) is 11.6 Å². The van der Waals surface area contributed by atoms with Crippen molar-refractivity contribution in [2.75, 3.05) is 0 Å². The number of aromatic nitrogens is 1. The van der Waals surface area contributed by atoms with Crippen LogP contribution in [-0.4, -0.2) is 4.98 Å². The van der Waals surface area contributed by atoms with E-state index in [1.54, 1.807) is 24.3 Å². The van der Waals surface area contributed by atoms with Crippen LogP contribution < -0.4 is 4.74 Å². The number of rotatable bonds is 3. The highest BCUT2D eigenvalue weighted by molar-refractivity contribution is 9.10. The summed E-state index contributed by atoms with van der Waals surface area (Å²) in [5, 5.41) is 0. The Morgan fingerprint density at radius 1 is 1.29 bits per heavy atom. The first-order chi connectivity index (χ1) is 8.19. The van der Waals surface area contributed by atoms with Crippen molar-refractivity contribution in [3.8, 4) is 11.6 Å². The van der Waals surface area contributed by atoms with Gasteiger partial charge in [0.25, 0.3) is 0 Å². The molecular weight excluding hydrogens is 308 g/mol. The van der Waals surface area contributed by atoms with Crippen molar-refractivity contribution in [1.29, 1.82) is 0 Å². The minimum absolute atomic E-state index is 0.132. The summed E-state index contributed by atoms with van der Waals surface area (Å²) >= 11 is 8.83. The molecule has 0 aliphatic rings. The van der Waals surface area contributed by atoms with Crippen LogP contribution in [0.15, 0.2) is 40.9 Å². The van der Waals surface area contributed by atoms with E-state index in [-0.39, 0.29) is 5.75 Å². The Morgan fingerprint density at radius 2 is 2.12 bits per heavy atom. The Kier molecular flexibility index (Phi) is 3.97. The third-order valence-corrected chi connectivity index (χ3v) is 2.79. The Balaban J connectivity index is 2.25. The molecule has 2 nitrogen and oxygen atoms in total. The van der Waals surface area contributed by atoms with E-state index in [9.17, 15) is 4.39 Å². The quantitative estimate of drug-likeness (QED) is 0.777. The molecule has 2 aromatic rings. The maximum atomic E-state index is 13.5. The lowest BCUT2D eigenvalue weighted by Gasteiger charge is -2.06. The Morgan fingerprint density at radius 3 is 2.82 bits per heavy atom. The Hall–Kier alpha value is -1.13. The zero-order valence-corrected chi connectivity index (χ0v) is 11.0. The number of hydrogen-bond donors (Lipinski definition) is 0. The molecule has 0 aliphatic carbocycles. The van der Waals surface area contributed by atoms with E-state index in [4.69, 9.17) is 16.3 Å². The van der Waals surface area contributed by atoms with Crippen LogP contribution in [0.2, 0.25) is 0 Å². The normalized spacial score (nSPS) is 10.3. The van der Waals surface area contributed by atoms with E-state index in [0.29, 0.717) is 21.9 Å². The van der Waals surface area contributed by atoms with Gasteiger partial charge in [-0.3, -0.25) is 0 Å². The minimum Gasteiger partial charge on any atom is -0.436 e. The highest BCUT2D eigenvalue weighted by Crippen LogP contribution is 2.25. The predicted octanol–water partition coefficient (Wildman–Crippen LogP) is 4.51. The Bertz CT molecular complexity index is 536. The van der Waals surface area contributed by atoms with E-state index in [2.05, 4.69) is 20.9 Å². The van der Waals surface area contributed by atoms with Gasteiger partial charge >= 0.3 is 0 Å². The van der Waals surface area contributed by atoms with E-state index >= 15 is 0 Å². The fraction of sp³-hybridized carbons (Fsp3) is 0.0833. The van der Waals surface area contributed by atoms with E-state index in [1.807, 2.05) is 0 Å². The van der Waals surface area contributed by atoms with Gasteiger partial charge in [0.2, 0.25) is 5.88 Å². The van der Waals surface area contributed by atoms with Gasteiger partial charge in [0, 0.05) is 10.5 Å². The van der Waals surface area contributed by atoms with Gasteiger partial charge in [-0.05, 0) is 24.3 Å². The average molecular weight is 317 g/mol. The molecule has 0 amide bonds. The van der Waals surface area contributed by atoms with Gasteiger partial charge in [-0.1, -0.05) is 22.0 Å². The molecule has 17 heavy (non-hydrogen) atoms. The third-order valence-electron chi connectivity index (χ3n) is 2.03. The second-order valence-electron chi connectivity index (χ2n) is 3.28. The second-order valence-corrected chi connectivity index (χ2v) is 4.46. The number of hydrogen-bond acceptors (Lipinski definition) is 2. The van der Waals surface area contributed by atoms with E-state index < -0.39 is 5.82 Å². The molecule has 5 heteroatoms. The van der Waals surface area contributed by atoms with E-state index in [1.165, 1.54) is 12.1 Å². The van der Waals surface area contributed by atoms with Crippen molar-refractivity contribution >= 4 is 27.5 Å². The van der Waals surface area contributed by atoms with Gasteiger partial charge in [-0.2, -0.15) is 0 Å². The van der Waals surface area contributed by atoms with Crippen molar-refractivity contribution in [3.05, 3.63) is 52.4 Å². The number of benzene rings is 1. The molecule has 2 rings (SSSR count). The van der Waals surface area contributed by atoms with Gasteiger partial charge in [0.1, 0.15) is 0 Å². The molecule has 88 valence electrons. The van der Waals surface area contributed by atoms with Crippen molar-refractivity contribution < 1.29 is 9.13 Å². The summed E-state index contributed by atoms with van der Waals surface area (Å²) in [6, 6.07) is 9.76. The van der Waals surface area contributed by atoms with Crippen molar-refractivity contribution in [1.82, 2.24) is 4.98 Å². The molecule has 0 fully saturated rings. The number of halogens is 3. The molecule has 0 saturated carbocycles. The molecule has 0 N–H and O–H groups in total. The highest BCUT2D eigenvalue weighted by Gasteiger charge is 2.06. The third kappa shape index (κ3) is 3.17. The lowest BCUT2D eigenvalue weighted by molar-refractivity contribution is 0.426. The lowest BCUT2D eigenvalue weighted by atomic mass is 10.3. The summed E-state index contributed by atoms with van der Waals surface area (Å²) < 4.78 is 19.5. The molecule has 0 unspecified atom stereocenters. The maximum Gasteiger partial charge on any atom is 0.219 e. The van der Waals surface area contributed by atoms with Crippen molar-refractivity contribution in [3.63, 3.8) is 0 Å². The van der Waals surface area contributed by atoms with Crippen LogP contribution in [0, 0.1) is 5.82 Å². The molecule has 0 aliphatic heterocycles. The summed E-state index contributed by atoms with van der Waals surface area (Å²) in [5.74, 6) is 0.300. The minimum atomic E-state index is -0.447. The number of alkyl halides is 1. The molecule has 0 atom stereocenters. The number of ether oxygens (including phenoxy) is 1. The number of pyridine rings is 1. The zero-order chi connectivity index (χ0) is 12.3. The first-order valence-corrected chi connectivity index (χ1v) is 6.16. The van der Waals surface area contributed by atoms with Crippen LogP contribution in [-0.2, 0) is 5.88 Å². The van der Waals surface area contributed by atoms with Gasteiger partial charge in [0.15, 0.2) is 11.6 Å². The lowest BCUT2D eigenvalue weighted by Crippen LogP contribution is -1.93. The van der Waals surface area contributed by atoms with Gasteiger partial charge in [-0.25, -0.2) is 9.37 Å². The van der Waals surface area contributed by atoms with Gasteiger partial charge in [-0.15, -0.1) is 11.6 Å². The van der Waals surface area contributed by atoms with Crippen molar-refractivity contribution in [2.24, 2.45) is 0 Å². The Labute approximate surface area is 112 Å². The van der Waals surface area contributed by atoms with Crippen LogP contribution in [0.3, 0.4) is 0 Å². The summed E-state index contributed by atoms with van der Waals surface area (Å²) in [7, 11) is 0. The zero-order valence-electron chi connectivity index (χ0n) is 8.66. The monoisotopic (exact) mass is 315 g/mol. The van der Waals surface area contributed by atoms with Crippen molar-refractivity contribution in [2.45, 2.75) is 5.88 Å². The van der Waals surface area contributed by atoms with Crippen LogP contribution in [0.5, 0.6) is 11.6 Å². The summed E-state index contributed by atoms with van der Waals surface area (Å²) in [6.07, 6.45) is 0. The average Bonchev–Trinajstić information content (AvgIpc) is 2.33. The summed E-state index contributed by atoms with van der Waals surface area (Å²) in [4.78, 5) is 4.12. The molecular formula is C12H8BrClFNO. The first kappa shape index (κ1) is 12.3. The van der Waals surface area contributed by atoms with Gasteiger partial charge < -0.3 is 4.74 Å².